The number of halogens is 1. The molecule has 0 radical (unpaired) electrons. The molecule has 0 saturated heterocycles. The van der Waals surface area contributed by atoms with Crippen LogP contribution in [0.2, 0.25) is 0 Å². The third-order valence-corrected chi connectivity index (χ3v) is 3.86. The first-order valence-corrected chi connectivity index (χ1v) is 7.51. The van der Waals surface area contributed by atoms with Gasteiger partial charge in [-0.25, -0.2) is 0 Å². The van der Waals surface area contributed by atoms with Gasteiger partial charge in [0.2, 0.25) is 0 Å². The average Bonchev–Trinajstić information content (AvgIpc) is 2.37. The number of allylic oxidation sites excluding steroid dienone is 2. The molecule has 3 heteroatoms. The number of hydrogen-bond acceptors (Lipinski definition) is 2. The van der Waals surface area contributed by atoms with Gasteiger partial charge < -0.3 is 9.47 Å². The zero-order valence-electron chi connectivity index (χ0n) is 12.5. The van der Waals surface area contributed by atoms with Crippen LogP contribution in [0, 0.1) is 5.41 Å². The van der Waals surface area contributed by atoms with Crippen LogP contribution >= 0.6 is 11.6 Å². The molecule has 0 amide bonds. The largest absolute Gasteiger partial charge is 0.491 e. The Morgan fingerprint density at radius 1 is 1.25 bits per heavy atom. The van der Waals surface area contributed by atoms with Gasteiger partial charge in [-0.1, -0.05) is 38.1 Å². The Hall–Kier alpha value is -0.990. The Balaban J connectivity index is 2.23. The van der Waals surface area contributed by atoms with Crippen LogP contribution in [0.15, 0.2) is 30.3 Å². The van der Waals surface area contributed by atoms with E-state index in [0.29, 0.717) is 13.2 Å². The van der Waals surface area contributed by atoms with Crippen molar-refractivity contribution in [3.8, 4) is 5.75 Å². The summed E-state index contributed by atoms with van der Waals surface area (Å²) in [6, 6.07) is 8.16. The molecule has 110 valence electrons. The molecule has 0 heterocycles. The van der Waals surface area contributed by atoms with Crippen molar-refractivity contribution in [2.45, 2.75) is 32.1 Å². The van der Waals surface area contributed by atoms with Crippen molar-refractivity contribution < 1.29 is 9.47 Å². The van der Waals surface area contributed by atoms with E-state index in [1.54, 1.807) is 7.11 Å². The minimum absolute atomic E-state index is 0.0979. The molecular weight excluding hydrogens is 272 g/mol. The molecule has 1 aromatic carbocycles. The summed E-state index contributed by atoms with van der Waals surface area (Å²) in [7, 11) is 1.68. The van der Waals surface area contributed by atoms with E-state index in [0.717, 1.165) is 24.2 Å². The van der Waals surface area contributed by atoms with Gasteiger partial charge in [-0.3, -0.25) is 0 Å². The van der Waals surface area contributed by atoms with E-state index in [4.69, 9.17) is 21.1 Å². The fourth-order valence-corrected chi connectivity index (χ4v) is 3.30. The van der Waals surface area contributed by atoms with Gasteiger partial charge in [0, 0.05) is 12.7 Å². The molecule has 2 rings (SSSR count). The van der Waals surface area contributed by atoms with Crippen LogP contribution in [-0.4, -0.2) is 25.7 Å². The summed E-state index contributed by atoms with van der Waals surface area (Å²) in [6.45, 7) is 5.69. The second-order valence-electron chi connectivity index (χ2n) is 6.09. The van der Waals surface area contributed by atoms with Crippen LogP contribution in [0.4, 0.5) is 0 Å². The predicted molar refractivity (Wildman–Crippen MR) is 84.4 cm³/mol. The highest BCUT2D eigenvalue weighted by atomic mass is 35.5. The highest BCUT2D eigenvalue weighted by Crippen LogP contribution is 2.43. The lowest BCUT2D eigenvalue weighted by atomic mass is 9.75. The molecule has 0 saturated carbocycles. The van der Waals surface area contributed by atoms with E-state index >= 15 is 0 Å². The molecule has 0 spiro atoms. The van der Waals surface area contributed by atoms with Crippen molar-refractivity contribution in [2.24, 2.45) is 5.41 Å². The van der Waals surface area contributed by atoms with Crippen LogP contribution in [0.5, 0.6) is 5.75 Å². The van der Waals surface area contributed by atoms with Gasteiger partial charge in [0.15, 0.2) is 0 Å². The number of benzene rings is 1. The molecular formula is C17H23ClO2. The third-order valence-electron chi connectivity index (χ3n) is 3.58. The molecule has 0 bridgehead atoms. The molecule has 1 unspecified atom stereocenters. The predicted octanol–water partition coefficient (Wildman–Crippen LogP) is 4.52. The summed E-state index contributed by atoms with van der Waals surface area (Å²) in [5.41, 5.74) is 2.67. The van der Waals surface area contributed by atoms with Crippen molar-refractivity contribution in [1.82, 2.24) is 0 Å². The molecule has 0 aliphatic heterocycles. The van der Waals surface area contributed by atoms with Crippen LogP contribution in [-0.2, 0) is 4.74 Å². The van der Waals surface area contributed by atoms with Gasteiger partial charge in [-0.15, -0.1) is 11.6 Å². The average molecular weight is 295 g/mol. The zero-order chi connectivity index (χ0) is 14.6. The molecule has 0 fully saturated rings. The van der Waals surface area contributed by atoms with Crippen LogP contribution in [0.3, 0.4) is 0 Å². The molecule has 0 N–H and O–H groups in total. The standard InChI is InChI=1S/C17H23ClO2/c1-17(2)11-13(10-14(18)12-17)15-6-4-5-7-16(15)20-9-8-19-3/h4-7,10,14H,8-9,11-12H2,1-3H3. The summed E-state index contributed by atoms with van der Waals surface area (Å²) >= 11 is 6.39. The number of rotatable bonds is 5. The van der Waals surface area contributed by atoms with Gasteiger partial charge in [0.25, 0.3) is 0 Å². The molecule has 1 aromatic rings. The van der Waals surface area contributed by atoms with Crippen molar-refractivity contribution >= 4 is 17.2 Å². The second kappa shape index (κ2) is 6.64. The smallest absolute Gasteiger partial charge is 0.126 e. The SMILES string of the molecule is COCCOc1ccccc1C1=CC(Cl)CC(C)(C)C1. The van der Waals surface area contributed by atoms with E-state index in [1.165, 1.54) is 5.57 Å². The summed E-state index contributed by atoms with van der Waals surface area (Å²) in [6.07, 6.45) is 4.22. The van der Waals surface area contributed by atoms with E-state index in [2.05, 4.69) is 26.0 Å². The summed E-state index contributed by atoms with van der Waals surface area (Å²) in [4.78, 5) is 0. The molecule has 2 nitrogen and oxygen atoms in total. The van der Waals surface area contributed by atoms with Gasteiger partial charge in [0.05, 0.1) is 12.0 Å². The minimum atomic E-state index is 0.0979. The highest BCUT2D eigenvalue weighted by Gasteiger charge is 2.29. The molecule has 1 atom stereocenters. The summed E-state index contributed by atoms with van der Waals surface area (Å²) in [5.74, 6) is 0.914. The fraction of sp³-hybridized carbons (Fsp3) is 0.529. The fourth-order valence-electron chi connectivity index (χ4n) is 2.73. The molecule has 1 aliphatic carbocycles. The number of ether oxygens (including phenoxy) is 2. The Bertz CT molecular complexity index is 480. The number of hydrogen-bond donors (Lipinski definition) is 0. The number of methoxy groups -OCH3 is 1. The van der Waals surface area contributed by atoms with Crippen molar-refractivity contribution in [2.75, 3.05) is 20.3 Å². The van der Waals surface area contributed by atoms with E-state index in [1.807, 2.05) is 18.2 Å². The van der Waals surface area contributed by atoms with Crippen molar-refractivity contribution in [3.63, 3.8) is 0 Å². The maximum absolute atomic E-state index is 6.39. The Labute approximate surface area is 126 Å². The molecule has 1 aliphatic rings. The first-order valence-electron chi connectivity index (χ1n) is 7.08. The van der Waals surface area contributed by atoms with E-state index in [9.17, 15) is 0 Å². The Morgan fingerprint density at radius 2 is 2.00 bits per heavy atom. The van der Waals surface area contributed by atoms with Gasteiger partial charge in [-0.2, -0.15) is 0 Å². The normalized spacial score (nSPS) is 21.4. The number of para-hydroxylation sites is 1. The van der Waals surface area contributed by atoms with Crippen LogP contribution in [0.25, 0.3) is 5.57 Å². The number of alkyl halides is 1. The maximum Gasteiger partial charge on any atom is 0.126 e. The minimum Gasteiger partial charge on any atom is -0.491 e. The maximum atomic E-state index is 6.39. The first-order chi connectivity index (χ1) is 9.52. The Morgan fingerprint density at radius 3 is 2.70 bits per heavy atom. The van der Waals surface area contributed by atoms with E-state index in [-0.39, 0.29) is 10.8 Å². The highest BCUT2D eigenvalue weighted by molar-refractivity contribution is 6.22. The van der Waals surface area contributed by atoms with Crippen LogP contribution < -0.4 is 4.74 Å². The molecule has 20 heavy (non-hydrogen) atoms. The van der Waals surface area contributed by atoms with Crippen LogP contribution in [0.1, 0.15) is 32.3 Å². The Kier molecular flexibility index (Phi) is 5.11. The quantitative estimate of drug-likeness (QED) is 0.587. The van der Waals surface area contributed by atoms with Gasteiger partial charge in [0.1, 0.15) is 12.4 Å². The monoisotopic (exact) mass is 294 g/mol. The molecule has 0 aromatic heterocycles. The summed E-state index contributed by atoms with van der Waals surface area (Å²) < 4.78 is 10.9. The lowest BCUT2D eigenvalue weighted by molar-refractivity contribution is 0.146. The third kappa shape index (κ3) is 4.00. The first kappa shape index (κ1) is 15.4. The topological polar surface area (TPSA) is 18.5 Å². The second-order valence-corrected chi connectivity index (χ2v) is 6.65. The van der Waals surface area contributed by atoms with Gasteiger partial charge >= 0.3 is 0 Å². The van der Waals surface area contributed by atoms with Crippen molar-refractivity contribution in [1.29, 1.82) is 0 Å². The summed E-state index contributed by atoms with van der Waals surface area (Å²) in [5, 5.41) is 0.0979. The zero-order valence-corrected chi connectivity index (χ0v) is 13.2. The lowest BCUT2D eigenvalue weighted by Crippen LogP contribution is -2.22. The van der Waals surface area contributed by atoms with Gasteiger partial charge in [-0.05, 0) is 29.9 Å². The van der Waals surface area contributed by atoms with E-state index < -0.39 is 0 Å². The lowest BCUT2D eigenvalue weighted by Gasteiger charge is -2.33. The van der Waals surface area contributed by atoms with Crippen molar-refractivity contribution in [3.05, 3.63) is 35.9 Å².